The minimum absolute atomic E-state index is 0.176. The van der Waals surface area contributed by atoms with E-state index in [0.717, 1.165) is 11.8 Å². The Morgan fingerprint density at radius 1 is 1.32 bits per heavy atom. The number of aliphatic carboxylic acids is 1. The van der Waals surface area contributed by atoms with Crippen LogP contribution in [0.4, 0.5) is 4.39 Å². The standard InChI is InChI=1S/C11H10FN3O3S/c12-7-1-3-8(4-2-7)15-9(5-16)13-14-11(15)19-6-10(17)18/h1-4,16H,5-6H2,(H,17,18). The van der Waals surface area contributed by atoms with Crippen molar-refractivity contribution in [2.45, 2.75) is 11.8 Å². The Labute approximate surface area is 111 Å². The van der Waals surface area contributed by atoms with Gasteiger partial charge < -0.3 is 10.2 Å². The van der Waals surface area contributed by atoms with E-state index in [0.29, 0.717) is 10.8 Å². The second-order valence-electron chi connectivity index (χ2n) is 3.55. The molecule has 19 heavy (non-hydrogen) atoms. The van der Waals surface area contributed by atoms with Crippen LogP contribution in [-0.4, -0.2) is 36.7 Å². The van der Waals surface area contributed by atoms with E-state index in [1.807, 2.05) is 0 Å². The third-order valence-electron chi connectivity index (χ3n) is 2.25. The molecule has 0 spiro atoms. The van der Waals surface area contributed by atoms with Gasteiger partial charge in [0.15, 0.2) is 11.0 Å². The molecule has 6 nitrogen and oxygen atoms in total. The van der Waals surface area contributed by atoms with Crippen molar-refractivity contribution in [1.82, 2.24) is 14.8 Å². The molecule has 0 aliphatic rings. The van der Waals surface area contributed by atoms with Gasteiger partial charge in [0, 0.05) is 5.69 Å². The van der Waals surface area contributed by atoms with Gasteiger partial charge in [-0.25, -0.2) is 4.39 Å². The van der Waals surface area contributed by atoms with Gasteiger partial charge in [0.25, 0.3) is 0 Å². The molecule has 100 valence electrons. The van der Waals surface area contributed by atoms with Gasteiger partial charge in [-0.1, -0.05) is 11.8 Å². The topological polar surface area (TPSA) is 88.2 Å². The highest BCUT2D eigenvalue weighted by Crippen LogP contribution is 2.22. The summed E-state index contributed by atoms with van der Waals surface area (Å²) in [6.45, 7) is -0.349. The third kappa shape index (κ3) is 3.09. The first-order valence-electron chi connectivity index (χ1n) is 5.27. The van der Waals surface area contributed by atoms with Crippen LogP contribution in [0.15, 0.2) is 29.4 Å². The van der Waals surface area contributed by atoms with Crippen LogP contribution >= 0.6 is 11.8 Å². The molecule has 2 rings (SSSR count). The van der Waals surface area contributed by atoms with Crippen molar-refractivity contribution in [3.8, 4) is 5.69 Å². The molecular formula is C11H10FN3O3S. The van der Waals surface area contributed by atoms with Gasteiger partial charge in [-0.05, 0) is 24.3 Å². The monoisotopic (exact) mass is 283 g/mol. The summed E-state index contributed by atoms with van der Waals surface area (Å²) in [6.07, 6.45) is 0. The number of nitrogens with zero attached hydrogens (tertiary/aromatic N) is 3. The lowest BCUT2D eigenvalue weighted by atomic mass is 10.3. The number of halogens is 1. The van der Waals surface area contributed by atoms with E-state index >= 15 is 0 Å². The number of thioether (sulfide) groups is 1. The lowest BCUT2D eigenvalue weighted by Gasteiger charge is -2.08. The average molecular weight is 283 g/mol. The second-order valence-corrected chi connectivity index (χ2v) is 4.49. The minimum Gasteiger partial charge on any atom is -0.481 e. The number of carboxylic acid groups (broad SMARTS) is 1. The van der Waals surface area contributed by atoms with Crippen molar-refractivity contribution < 1.29 is 19.4 Å². The number of aliphatic hydroxyl groups excluding tert-OH is 1. The number of hydrogen-bond donors (Lipinski definition) is 2. The maximum absolute atomic E-state index is 12.9. The van der Waals surface area contributed by atoms with Gasteiger partial charge in [0.2, 0.25) is 0 Å². The highest BCUT2D eigenvalue weighted by atomic mass is 32.2. The molecule has 0 amide bonds. The van der Waals surface area contributed by atoms with Crippen LogP contribution in [0.5, 0.6) is 0 Å². The first-order valence-corrected chi connectivity index (χ1v) is 6.26. The third-order valence-corrected chi connectivity index (χ3v) is 3.17. The Morgan fingerprint density at radius 2 is 2.00 bits per heavy atom. The van der Waals surface area contributed by atoms with Gasteiger partial charge in [-0.15, -0.1) is 10.2 Å². The number of aliphatic hydroxyl groups is 1. The normalized spacial score (nSPS) is 10.6. The molecule has 2 aromatic rings. The highest BCUT2D eigenvalue weighted by Gasteiger charge is 2.14. The van der Waals surface area contributed by atoms with E-state index < -0.39 is 5.97 Å². The Hall–Kier alpha value is -1.93. The van der Waals surface area contributed by atoms with E-state index in [1.54, 1.807) is 0 Å². The average Bonchev–Trinajstić information content (AvgIpc) is 2.80. The predicted molar refractivity (Wildman–Crippen MR) is 65.6 cm³/mol. The molecule has 0 saturated heterocycles. The molecular weight excluding hydrogens is 273 g/mol. The van der Waals surface area contributed by atoms with E-state index in [1.165, 1.54) is 28.8 Å². The zero-order valence-electron chi connectivity index (χ0n) is 9.65. The quantitative estimate of drug-likeness (QED) is 0.798. The van der Waals surface area contributed by atoms with Crippen LogP contribution in [0.1, 0.15) is 5.82 Å². The lowest BCUT2D eigenvalue weighted by molar-refractivity contribution is -0.133. The van der Waals surface area contributed by atoms with Crippen LogP contribution in [0.3, 0.4) is 0 Å². The number of aromatic nitrogens is 3. The summed E-state index contributed by atoms with van der Waals surface area (Å²) in [4.78, 5) is 10.6. The van der Waals surface area contributed by atoms with Crippen LogP contribution < -0.4 is 0 Å². The zero-order chi connectivity index (χ0) is 13.8. The first kappa shape index (κ1) is 13.5. The minimum atomic E-state index is -0.982. The van der Waals surface area contributed by atoms with Crippen LogP contribution in [-0.2, 0) is 11.4 Å². The maximum atomic E-state index is 12.9. The highest BCUT2D eigenvalue weighted by molar-refractivity contribution is 7.99. The Kier molecular flexibility index (Phi) is 4.13. The predicted octanol–water partition coefficient (Wildman–Crippen LogP) is 1.08. The molecule has 0 aliphatic carbocycles. The second kappa shape index (κ2) is 5.81. The summed E-state index contributed by atoms with van der Waals surface area (Å²) in [7, 11) is 0. The SMILES string of the molecule is O=C(O)CSc1nnc(CO)n1-c1ccc(F)cc1. The van der Waals surface area contributed by atoms with Gasteiger partial charge in [0.1, 0.15) is 12.4 Å². The van der Waals surface area contributed by atoms with E-state index in [4.69, 9.17) is 5.11 Å². The number of carboxylic acids is 1. The van der Waals surface area contributed by atoms with Crippen molar-refractivity contribution >= 4 is 17.7 Å². The molecule has 0 saturated carbocycles. The Bertz CT molecular complexity index is 585. The largest absolute Gasteiger partial charge is 0.481 e. The molecule has 0 bridgehead atoms. The van der Waals surface area contributed by atoms with Gasteiger partial charge in [-0.2, -0.15) is 0 Å². The van der Waals surface area contributed by atoms with Crippen molar-refractivity contribution in [3.63, 3.8) is 0 Å². The molecule has 0 fully saturated rings. The summed E-state index contributed by atoms with van der Waals surface area (Å²) in [5.41, 5.74) is 0.559. The molecule has 2 N–H and O–H groups in total. The number of benzene rings is 1. The van der Waals surface area contributed by atoms with Crippen molar-refractivity contribution in [2.24, 2.45) is 0 Å². The van der Waals surface area contributed by atoms with E-state index in [2.05, 4.69) is 10.2 Å². The van der Waals surface area contributed by atoms with Gasteiger partial charge in [0.05, 0.1) is 5.75 Å². The molecule has 0 unspecified atom stereocenters. The number of rotatable bonds is 5. The summed E-state index contributed by atoms with van der Waals surface area (Å²) < 4.78 is 14.4. The van der Waals surface area contributed by atoms with Crippen molar-refractivity contribution in [3.05, 3.63) is 35.9 Å². The van der Waals surface area contributed by atoms with Crippen LogP contribution in [0.25, 0.3) is 5.69 Å². The molecule has 8 heteroatoms. The van der Waals surface area contributed by atoms with Crippen molar-refractivity contribution in [1.29, 1.82) is 0 Å². The fraction of sp³-hybridized carbons (Fsp3) is 0.182. The van der Waals surface area contributed by atoms with E-state index in [9.17, 15) is 14.3 Å². The molecule has 0 aliphatic heterocycles. The number of hydrogen-bond acceptors (Lipinski definition) is 5. The maximum Gasteiger partial charge on any atom is 0.313 e. The van der Waals surface area contributed by atoms with Gasteiger partial charge >= 0.3 is 5.97 Å². The summed E-state index contributed by atoms with van der Waals surface area (Å²) in [6, 6.07) is 5.54. The summed E-state index contributed by atoms with van der Waals surface area (Å²) in [5, 5.41) is 25.8. The van der Waals surface area contributed by atoms with Crippen LogP contribution in [0, 0.1) is 5.82 Å². The van der Waals surface area contributed by atoms with Crippen molar-refractivity contribution in [2.75, 3.05) is 5.75 Å². The molecule has 1 heterocycles. The fourth-order valence-electron chi connectivity index (χ4n) is 1.47. The van der Waals surface area contributed by atoms with E-state index in [-0.39, 0.29) is 24.0 Å². The Balaban J connectivity index is 2.38. The number of carbonyl (C=O) groups is 1. The zero-order valence-corrected chi connectivity index (χ0v) is 10.5. The smallest absolute Gasteiger partial charge is 0.313 e. The summed E-state index contributed by atoms with van der Waals surface area (Å²) >= 11 is 0.975. The molecule has 0 atom stereocenters. The molecule has 0 radical (unpaired) electrons. The van der Waals surface area contributed by atoms with Crippen LogP contribution in [0.2, 0.25) is 0 Å². The summed E-state index contributed by atoms with van der Waals surface area (Å²) in [5.74, 6) is -1.28. The molecule has 1 aromatic carbocycles. The van der Waals surface area contributed by atoms with Gasteiger partial charge in [-0.3, -0.25) is 9.36 Å². The first-order chi connectivity index (χ1) is 9.11. The Morgan fingerprint density at radius 3 is 2.58 bits per heavy atom. The fourth-order valence-corrected chi connectivity index (χ4v) is 2.16. The molecule has 1 aromatic heterocycles. The lowest BCUT2D eigenvalue weighted by Crippen LogP contribution is -2.05.